The molecule has 9 nitrogen and oxygen atoms in total. The van der Waals surface area contributed by atoms with Gasteiger partial charge in [-0.2, -0.15) is 4.31 Å². The molecule has 0 N–H and O–H groups in total. The van der Waals surface area contributed by atoms with Gasteiger partial charge in [0.15, 0.2) is 0 Å². The number of nitro benzene ring substituents is 1. The first-order chi connectivity index (χ1) is 14.6. The van der Waals surface area contributed by atoms with E-state index in [1.165, 1.54) is 22.5 Å². The third kappa shape index (κ3) is 5.35. The van der Waals surface area contributed by atoms with Crippen LogP contribution in [0.1, 0.15) is 40.0 Å². The molecule has 1 aromatic carbocycles. The van der Waals surface area contributed by atoms with E-state index in [0.29, 0.717) is 51.4 Å². The van der Waals surface area contributed by atoms with Gasteiger partial charge in [0.2, 0.25) is 15.9 Å². The molecule has 2 aliphatic rings. The Kier molecular flexibility index (Phi) is 7.20. The molecule has 1 aromatic rings. The van der Waals surface area contributed by atoms with E-state index in [2.05, 4.69) is 0 Å². The van der Waals surface area contributed by atoms with Crippen LogP contribution in [0.15, 0.2) is 23.1 Å². The fourth-order valence-electron chi connectivity index (χ4n) is 4.27. The van der Waals surface area contributed by atoms with Gasteiger partial charge < -0.3 is 9.80 Å². The summed E-state index contributed by atoms with van der Waals surface area (Å²) in [5, 5.41) is 11.8. The Bertz CT molecular complexity index is 926. The van der Waals surface area contributed by atoms with E-state index in [9.17, 15) is 23.3 Å². The van der Waals surface area contributed by atoms with Crippen LogP contribution in [0.3, 0.4) is 0 Å². The molecule has 0 spiro atoms. The molecule has 2 saturated heterocycles. The van der Waals surface area contributed by atoms with Crippen molar-refractivity contribution in [2.24, 2.45) is 11.8 Å². The predicted molar refractivity (Wildman–Crippen MR) is 119 cm³/mol. The van der Waals surface area contributed by atoms with Crippen molar-refractivity contribution in [1.29, 1.82) is 0 Å². The molecule has 10 heteroatoms. The van der Waals surface area contributed by atoms with Crippen molar-refractivity contribution in [3.63, 3.8) is 0 Å². The van der Waals surface area contributed by atoms with Gasteiger partial charge in [0.25, 0.3) is 5.69 Å². The molecule has 1 amide bonds. The van der Waals surface area contributed by atoms with Crippen LogP contribution in [0, 0.1) is 22.0 Å². The Labute approximate surface area is 184 Å². The van der Waals surface area contributed by atoms with Crippen molar-refractivity contribution in [2.45, 2.75) is 44.9 Å². The lowest BCUT2D eigenvalue weighted by atomic mass is 10.0. The minimum absolute atomic E-state index is 0.0391. The van der Waals surface area contributed by atoms with Gasteiger partial charge in [-0.25, -0.2) is 8.42 Å². The second-order valence-corrected chi connectivity index (χ2v) is 10.9. The number of carbonyl (C=O) groups is 1. The number of nitro groups is 1. The number of carbonyl (C=O) groups excluding carboxylic acids is 1. The minimum Gasteiger partial charge on any atom is -0.362 e. The fourth-order valence-corrected chi connectivity index (χ4v) is 5.89. The summed E-state index contributed by atoms with van der Waals surface area (Å²) < 4.78 is 27.5. The summed E-state index contributed by atoms with van der Waals surface area (Å²) >= 11 is 0. The first kappa shape index (κ1) is 23.5. The maximum atomic E-state index is 13.0. The van der Waals surface area contributed by atoms with E-state index in [0.717, 1.165) is 12.8 Å². The molecule has 1 unspecified atom stereocenters. The number of nitrogens with zero attached hydrogens (tertiary/aromatic N) is 4. The molecule has 2 heterocycles. The van der Waals surface area contributed by atoms with E-state index in [4.69, 9.17) is 0 Å². The van der Waals surface area contributed by atoms with Gasteiger partial charge in [0.05, 0.1) is 9.82 Å². The van der Waals surface area contributed by atoms with Crippen molar-refractivity contribution in [3.05, 3.63) is 28.3 Å². The Morgan fingerprint density at radius 1 is 1.19 bits per heavy atom. The summed E-state index contributed by atoms with van der Waals surface area (Å²) in [5.41, 5.74) is 0.181. The number of rotatable bonds is 6. The zero-order valence-electron chi connectivity index (χ0n) is 18.5. The highest BCUT2D eigenvalue weighted by molar-refractivity contribution is 7.89. The number of anilines is 1. The molecular formula is C21H32N4O5S. The van der Waals surface area contributed by atoms with Gasteiger partial charge >= 0.3 is 0 Å². The minimum atomic E-state index is -3.77. The normalized spacial score (nSPS) is 20.8. The standard InChI is InChI=1S/C21H32N4O5S/c1-16(2)13-21(26)23-11-9-22(10-12-23)19-7-6-18(14-20(19)25(27)28)31(29,30)24-8-4-5-17(3)15-24/h6-7,14,16-17H,4-5,8-13,15H2,1-3H3. The Morgan fingerprint density at radius 3 is 2.45 bits per heavy atom. The highest BCUT2D eigenvalue weighted by Gasteiger charge is 2.32. The SMILES string of the molecule is CC(C)CC(=O)N1CCN(c2ccc(S(=O)(=O)N3CCCC(C)C3)cc2[N+](=O)[O-])CC1. The van der Waals surface area contributed by atoms with Crippen LogP contribution >= 0.6 is 0 Å². The average Bonchev–Trinajstić information content (AvgIpc) is 2.73. The summed E-state index contributed by atoms with van der Waals surface area (Å²) in [6.07, 6.45) is 2.26. The quantitative estimate of drug-likeness (QED) is 0.486. The number of benzene rings is 1. The molecule has 0 saturated carbocycles. The number of sulfonamides is 1. The Morgan fingerprint density at radius 2 is 1.87 bits per heavy atom. The van der Waals surface area contributed by atoms with Gasteiger partial charge in [-0.1, -0.05) is 20.8 Å². The number of hydrogen-bond donors (Lipinski definition) is 0. The maximum Gasteiger partial charge on any atom is 0.293 e. The van der Waals surface area contributed by atoms with Crippen LogP contribution < -0.4 is 4.90 Å². The monoisotopic (exact) mass is 452 g/mol. The van der Waals surface area contributed by atoms with Gasteiger partial charge in [-0.05, 0) is 36.8 Å². The van der Waals surface area contributed by atoms with Crippen LogP contribution in [0.5, 0.6) is 0 Å². The van der Waals surface area contributed by atoms with Gasteiger partial charge in [-0.3, -0.25) is 14.9 Å². The predicted octanol–water partition coefficient (Wildman–Crippen LogP) is 2.71. The van der Waals surface area contributed by atoms with Gasteiger partial charge in [0, 0.05) is 51.8 Å². The lowest BCUT2D eigenvalue weighted by Crippen LogP contribution is -2.49. The Balaban J connectivity index is 1.79. The molecule has 1 atom stereocenters. The van der Waals surface area contributed by atoms with Crippen LogP contribution in [0.2, 0.25) is 0 Å². The molecule has 0 radical (unpaired) electrons. The van der Waals surface area contributed by atoms with Crippen molar-refractivity contribution < 1.29 is 18.1 Å². The molecule has 172 valence electrons. The van der Waals surface area contributed by atoms with Crippen molar-refractivity contribution in [2.75, 3.05) is 44.2 Å². The third-order valence-corrected chi connectivity index (χ3v) is 7.82. The molecule has 2 fully saturated rings. The summed E-state index contributed by atoms with van der Waals surface area (Å²) in [7, 11) is -3.77. The van der Waals surface area contributed by atoms with Crippen molar-refractivity contribution in [3.8, 4) is 0 Å². The summed E-state index contributed by atoms with van der Waals surface area (Å²) in [4.78, 5) is 27.1. The van der Waals surface area contributed by atoms with Crippen molar-refractivity contribution in [1.82, 2.24) is 9.21 Å². The van der Waals surface area contributed by atoms with Crippen LogP contribution in [0.4, 0.5) is 11.4 Å². The topological polar surface area (TPSA) is 104 Å². The lowest BCUT2D eigenvalue weighted by molar-refractivity contribution is -0.384. The molecule has 0 bridgehead atoms. The van der Waals surface area contributed by atoms with E-state index in [1.807, 2.05) is 25.7 Å². The van der Waals surface area contributed by atoms with Crippen LogP contribution in [-0.4, -0.2) is 67.7 Å². The Hall–Kier alpha value is -2.20. The number of hydrogen-bond acceptors (Lipinski definition) is 6. The second-order valence-electron chi connectivity index (χ2n) is 8.98. The molecule has 0 aromatic heterocycles. The van der Waals surface area contributed by atoms with Crippen LogP contribution in [-0.2, 0) is 14.8 Å². The summed E-state index contributed by atoms with van der Waals surface area (Å²) in [6, 6.07) is 4.18. The lowest BCUT2D eigenvalue weighted by Gasteiger charge is -2.36. The maximum absolute atomic E-state index is 13.0. The highest BCUT2D eigenvalue weighted by atomic mass is 32.2. The van der Waals surface area contributed by atoms with E-state index < -0.39 is 14.9 Å². The molecule has 3 rings (SSSR count). The first-order valence-corrected chi connectivity index (χ1v) is 12.3. The van der Waals surface area contributed by atoms with E-state index >= 15 is 0 Å². The molecule has 31 heavy (non-hydrogen) atoms. The van der Waals surface area contributed by atoms with Crippen LogP contribution in [0.25, 0.3) is 0 Å². The molecular weight excluding hydrogens is 420 g/mol. The number of piperidine rings is 1. The smallest absolute Gasteiger partial charge is 0.293 e. The van der Waals surface area contributed by atoms with E-state index in [1.54, 1.807) is 4.90 Å². The van der Waals surface area contributed by atoms with Crippen molar-refractivity contribution >= 4 is 27.3 Å². The molecule has 2 aliphatic heterocycles. The van der Waals surface area contributed by atoms with Gasteiger partial charge in [-0.15, -0.1) is 0 Å². The first-order valence-electron chi connectivity index (χ1n) is 10.9. The third-order valence-electron chi connectivity index (χ3n) is 5.96. The van der Waals surface area contributed by atoms with E-state index in [-0.39, 0.29) is 28.3 Å². The zero-order chi connectivity index (χ0) is 22.8. The second kappa shape index (κ2) is 9.52. The highest BCUT2D eigenvalue weighted by Crippen LogP contribution is 2.33. The summed E-state index contributed by atoms with van der Waals surface area (Å²) in [5.74, 6) is 0.651. The average molecular weight is 453 g/mol. The molecule has 0 aliphatic carbocycles. The van der Waals surface area contributed by atoms with Gasteiger partial charge in [0.1, 0.15) is 5.69 Å². The zero-order valence-corrected chi connectivity index (χ0v) is 19.3. The fraction of sp³-hybridized carbons (Fsp3) is 0.667. The number of amides is 1. The summed E-state index contributed by atoms with van der Waals surface area (Å²) in [6.45, 7) is 8.82. The number of piperazine rings is 1. The largest absolute Gasteiger partial charge is 0.362 e.